The number of amides is 1. The van der Waals surface area contributed by atoms with Crippen LogP contribution in [0.4, 0.5) is 4.39 Å². The molecule has 3 aromatic rings. The summed E-state index contributed by atoms with van der Waals surface area (Å²) in [6, 6.07) is 13.4. The highest BCUT2D eigenvalue weighted by Gasteiger charge is 2.17. The molecule has 2 aromatic carbocycles. The number of aryl methyl sites for hydroxylation is 1. The summed E-state index contributed by atoms with van der Waals surface area (Å²) in [6.45, 7) is 2.18. The molecule has 0 aliphatic carbocycles. The minimum atomic E-state index is -0.372. The van der Waals surface area contributed by atoms with Gasteiger partial charge in [0, 0.05) is 35.8 Å². The number of rotatable bonds is 3. The van der Waals surface area contributed by atoms with Gasteiger partial charge in [-0.2, -0.15) is 0 Å². The molecule has 0 fully saturated rings. The molecule has 0 unspecified atom stereocenters. The van der Waals surface area contributed by atoms with Gasteiger partial charge in [0.15, 0.2) is 0 Å². The van der Waals surface area contributed by atoms with Crippen LogP contribution in [-0.4, -0.2) is 22.8 Å². The number of carbonyl (C=O) groups excluding carboxylic acids is 1. The van der Waals surface area contributed by atoms with Gasteiger partial charge in [0.25, 0.3) is 5.91 Å². The standard InChI is InChI=1S/C19H16ClFN2O/c1-12-9-16(15-8-7-14(21)10-18(15)22-12)19(24)23(2)11-13-5-3-4-6-17(13)20/h3-10H,11H2,1-2H3. The van der Waals surface area contributed by atoms with Crippen molar-refractivity contribution in [3.63, 3.8) is 0 Å². The van der Waals surface area contributed by atoms with Crippen LogP contribution in [-0.2, 0) is 6.54 Å². The van der Waals surface area contributed by atoms with Crippen LogP contribution in [0.1, 0.15) is 21.6 Å². The Kier molecular flexibility index (Phi) is 4.49. The first-order chi connectivity index (χ1) is 11.5. The third-order valence-corrected chi connectivity index (χ3v) is 4.21. The van der Waals surface area contributed by atoms with E-state index in [1.807, 2.05) is 18.2 Å². The first-order valence-electron chi connectivity index (χ1n) is 7.51. The van der Waals surface area contributed by atoms with Gasteiger partial charge in [0.2, 0.25) is 0 Å². The molecule has 0 aliphatic heterocycles. The van der Waals surface area contributed by atoms with Crippen LogP contribution in [0, 0.1) is 12.7 Å². The van der Waals surface area contributed by atoms with Gasteiger partial charge < -0.3 is 4.90 Å². The van der Waals surface area contributed by atoms with E-state index in [1.54, 1.807) is 37.1 Å². The lowest BCUT2D eigenvalue weighted by molar-refractivity contribution is 0.0787. The third-order valence-electron chi connectivity index (χ3n) is 3.84. The van der Waals surface area contributed by atoms with E-state index in [1.165, 1.54) is 12.1 Å². The Morgan fingerprint density at radius 3 is 2.71 bits per heavy atom. The quantitative estimate of drug-likeness (QED) is 0.696. The zero-order chi connectivity index (χ0) is 17.3. The van der Waals surface area contributed by atoms with Crippen molar-refractivity contribution in [1.82, 2.24) is 9.88 Å². The summed E-state index contributed by atoms with van der Waals surface area (Å²) in [5, 5.41) is 1.26. The Hall–Kier alpha value is -2.46. The van der Waals surface area contributed by atoms with E-state index in [4.69, 9.17) is 11.6 Å². The SMILES string of the molecule is Cc1cc(C(=O)N(C)Cc2ccccc2Cl)c2ccc(F)cc2n1. The highest BCUT2D eigenvalue weighted by molar-refractivity contribution is 6.31. The lowest BCUT2D eigenvalue weighted by Gasteiger charge is -2.19. The largest absolute Gasteiger partial charge is 0.337 e. The van der Waals surface area contributed by atoms with Crippen molar-refractivity contribution in [3.05, 3.63) is 76.2 Å². The van der Waals surface area contributed by atoms with Crippen LogP contribution in [0.15, 0.2) is 48.5 Å². The molecule has 0 N–H and O–H groups in total. The molecule has 1 heterocycles. The maximum absolute atomic E-state index is 13.4. The number of halogens is 2. The number of nitrogens with zero attached hydrogens (tertiary/aromatic N) is 2. The van der Waals surface area contributed by atoms with Gasteiger partial charge in [-0.05, 0) is 36.8 Å². The van der Waals surface area contributed by atoms with Crippen molar-refractivity contribution in [2.45, 2.75) is 13.5 Å². The smallest absolute Gasteiger partial charge is 0.254 e. The molecule has 122 valence electrons. The molecule has 3 nitrogen and oxygen atoms in total. The van der Waals surface area contributed by atoms with Crippen molar-refractivity contribution in [2.75, 3.05) is 7.05 Å². The average Bonchev–Trinajstić information content (AvgIpc) is 2.55. The van der Waals surface area contributed by atoms with Crippen LogP contribution in [0.2, 0.25) is 5.02 Å². The number of hydrogen-bond acceptors (Lipinski definition) is 2. The van der Waals surface area contributed by atoms with Crippen molar-refractivity contribution >= 4 is 28.4 Å². The van der Waals surface area contributed by atoms with Gasteiger partial charge in [0.05, 0.1) is 11.1 Å². The average molecular weight is 343 g/mol. The summed E-state index contributed by atoms with van der Waals surface area (Å²) in [5.41, 5.74) is 2.52. The highest BCUT2D eigenvalue weighted by Crippen LogP contribution is 2.22. The number of pyridine rings is 1. The van der Waals surface area contributed by atoms with Crippen LogP contribution in [0.5, 0.6) is 0 Å². The van der Waals surface area contributed by atoms with Gasteiger partial charge in [0.1, 0.15) is 5.82 Å². The number of aromatic nitrogens is 1. The molecule has 3 rings (SSSR count). The predicted molar refractivity (Wildman–Crippen MR) is 93.7 cm³/mol. The molecule has 5 heteroatoms. The van der Waals surface area contributed by atoms with Crippen LogP contribution in [0.25, 0.3) is 10.9 Å². The van der Waals surface area contributed by atoms with Crippen LogP contribution < -0.4 is 0 Å². The van der Waals surface area contributed by atoms with Crippen molar-refractivity contribution in [3.8, 4) is 0 Å². The predicted octanol–water partition coefficient (Wildman–Crippen LogP) is 4.61. The maximum atomic E-state index is 13.4. The zero-order valence-electron chi connectivity index (χ0n) is 13.4. The monoisotopic (exact) mass is 342 g/mol. The minimum Gasteiger partial charge on any atom is -0.337 e. The maximum Gasteiger partial charge on any atom is 0.254 e. The molecule has 24 heavy (non-hydrogen) atoms. The summed E-state index contributed by atoms with van der Waals surface area (Å²) in [7, 11) is 1.72. The van der Waals surface area contributed by atoms with Crippen LogP contribution in [0.3, 0.4) is 0 Å². The minimum absolute atomic E-state index is 0.156. The van der Waals surface area contributed by atoms with E-state index >= 15 is 0 Å². The van der Waals surface area contributed by atoms with E-state index < -0.39 is 0 Å². The number of carbonyl (C=O) groups is 1. The van der Waals surface area contributed by atoms with E-state index in [-0.39, 0.29) is 11.7 Å². The summed E-state index contributed by atoms with van der Waals surface area (Å²) in [4.78, 5) is 18.8. The Bertz CT molecular complexity index is 921. The van der Waals surface area contributed by atoms with E-state index in [2.05, 4.69) is 4.98 Å². The molecule has 0 saturated carbocycles. The molecule has 0 aliphatic rings. The van der Waals surface area contributed by atoms with Crippen molar-refractivity contribution < 1.29 is 9.18 Å². The molecule has 1 amide bonds. The topological polar surface area (TPSA) is 33.2 Å². The highest BCUT2D eigenvalue weighted by atomic mass is 35.5. The molecule has 0 radical (unpaired) electrons. The first kappa shape index (κ1) is 16.4. The summed E-state index contributed by atoms with van der Waals surface area (Å²) in [5.74, 6) is -0.527. The Balaban J connectivity index is 1.97. The second kappa shape index (κ2) is 6.57. The molecular weight excluding hydrogens is 327 g/mol. The summed E-state index contributed by atoms with van der Waals surface area (Å²) >= 11 is 6.17. The fourth-order valence-electron chi connectivity index (χ4n) is 2.67. The summed E-state index contributed by atoms with van der Waals surface area (Å²) in [6.07, 6.45) is 0. The van der Waals surface area contributed by atoms with E-state index in [9.17, 15) is 9.18 Å². The molecule has 0 saturated heterocycles. The number of benzene rings is 2. The van der Waals surface area contributed by atoms with Gasteiger partial charge in [-0.3, -0.25) is 9.78 Å². The summed E-state index contributed by atoms with van der Waals surface area (Å²) < 4.78 is 13.4. The molecule has 1 aromatic heterocycles. The first-order valence-corrected chi connectivity index (χ1v) is 7.89. The van der Waals surface area contributed by atoms with Crippen molar-refractivity contribution in [1.29, 1.82) is 0 Å². The van der Waals surface area contributed by atoms with Gasteiger partial charge in [-0.25, -0.2) is 4.39 Å². The number of fused-ring (bicyclic) bond motifs is 1. The zero-order valence-corrected chi connectivity index (χ0v) is 14.1. The lowest BCUT2D eigenvalue weighted by atomic mass is 10.1. The van der Waals surface area contributed by atoms with E-state index in [0.717, 1.165) is 5.56 Å². The molecular formula is C19H16ClFN2O. The second-order valence-corrected chi connectivity index (χ2v) is 6.13. The fraction of sp³-hybridized carbons (Fsp3) is 0.158. The lowest BCUT2D eigenvalue weighted by Crippen LogP contribution is -2.26. The molecule has 0 spiro atoms. The second-order valence-electron chi connectivity index (χ2n) is 5.73. The third kappa shape index (κ3) is 3.24. The Morgan fingerprint density at radius 2 is 1.96 bits per heavy atom. The normalized spacial score (nSPS) is 10.8. The van der Waals surface area contributed by atoms with Crippen molar-refractivity contribution in [2.24, 2.45) is 0 Å². The van der Waals surface area contributed by atoms with Crippen LogP contribution >= 0.6 is 11.6 Å². The van der Waals surface area contributed by atoms with Gasteiger partial charge >= 0.3 is 0 Å². The fourth-order valence-corrected chi connectivity index (χ4v) is 2.87. The van der Waals surface area contributed by atoms with E-state index in [0.29, 0.717) is 33.7 Å². The van der Waals surface area contributed by atoms with Gasteiger partial charge in [-0.1, -0.05) is 29.8 Å². The Labute approximate surface area is 144 Å². The molecule has 0 bridgehead atoms. The Morgan fingerprint density at radius 1 is 1.21 bits per heavy atom. The molecule has 0 atom stereocenters. The number of hydrogen-bond donors (Lipinski definition) is 0. The van der Waals surface area contributed by atoms with Gasteiger partial charge in [-0.15, -0.1) is 0 Å².